The number of carbonyl (C=O) groups excluding carboxylic acids is 1. The van der Waals surface area contributed by atoms with E-state index in [1.807, 2.05) is 0 Å². The van der Waals surface area contributed by atoms with Crippen LogP contribution in [0.1, 0.15) is 13.8 Å². The average Bonchev–Trinajstić information content (AvgIpc) is 2.13. The Morgan fingerprint density at radius 3 is 2.60 bits per heavy atom. The molecule has 1 aliphatic heterocycles. The zero-order chi connectivity index (χ0) is 7.56. The van der Waals surface area contributed by atoms with E-state index in [4.69, 9.17) is 0 Å². The molecule has 54 valence electrons. The molecule has 0 bridgehead atoms. The Morgan fingerprint density at radius 2 is 2.20 bits per heavy atom. The maximum absolute atomic E-state index is 10.4. The van der Waals surface area contributed by atoms with E-state index in [0.717, 1.165) is 0 Å². The molecule has 0 N–H and O–H groups in total. The molecule has 3 heteroatoms. The van der Waals surface area contributed by atoms with E-state index in [2.05, 4.69) is 21.3 Å². The van der Waals surface area contributed by atoms with Gasteiger partial charge in [0.05, 0.1) is 0 Å². The molecule has 0 aromatic rings. The van der Waals surface area contributed by atoms with Gasteiger partial charge in [-0.3, -0.25) is 0 Å². The van der Waals surface area contributed by atoms with E-state index in [0.29, 0.717) is 0 Å². The third kappa shape index (κ3) is 1.21. The lowest BCUT2D eigenvalue weighted by atomic mass is 10.2. The second-order valence-corrected chi connectivity index (χ2v) is 2.01. The average molecular weight is 140 g/mol. The van der Waals surface area contributed by atoms with Crippen molar-refractivity contribution in [3.05, 3.63) is 0 Å². The molecule has 0 radical (unpaired) electrons. The van der Waals surface area contributed by atoms with Crippen molar-refractivity contribution in [1.29, 1.82) is 0 Å². The highest BCUT2D eigenvalue weighted by molar-refractivity contribution is 5.63. The van der Waals surface area contributed by atoms with Crippen LogP contribution in [0.3, 0.4) is 0 Å². The molecule has 3 nitrogen and oxygen atoms in total. The minimum Gasteiger partial charge on any atom is -0.426 e. The summed E-state index contributed by atoms with van der Waals surface area (Å²) in [6, 6.07) is 0. The first-order valence-corrected chi connectivity index (χ1v) is 3.03. The van der Waals surface area contributed by atoms with Crippen molar-refractivity contribution in [2.45, 2.75) is 26.1 Å². The highest BCUT2D eigenvalue weighted by Crippen LogP contribution is 2.12. The number of ether oxygens (including phenoxy) is 2. The molecule has 1 rings (SSSR count). The molecular weight excluding hydrogens is 132 g/mol. The molecule has 0 aromatic carbocycles. The lowest BCUT2D eigenvalue weighted by Gasteiger charge is -2.00. The monoisotopic (exact) mass is 140 g/mol. The van der Waals surface area contributed by atoms with Crippen LogP contribution in [0.4, 0.5) is 4.79 Å². The molecule has 1 aliphatic rings. The first-order chi connectivity index (χ1) is 4.74. The number of hydrogen-bond acceptors (Lipinski definition) is 3. The Balaban J connectivity index is 2.60. The van der Waals surface area contributed by atoms with Crippen LogP contribution in [-0.4, -0.2) is 18.4 Å². The minimum atomic E-state index is -0.625. The SMILES string of the molecule is CC#CC1OC(=O)OC1C. The molecule has 0 aliphatic carbocycles. The van der Waals surface area contributed by atoms with Crippen molar-refractivity contribution >= 4 is 6.16 Å². The van der Waals surface area contributed by atoms with Gasteiger partial charge in [-0.05, 0) is 13.8 Å². The fourth-order valence-corrected chi connectivity index (χ4v) is 0.730. The largest absolute Gasteiger partial charge is 0.510 e. The van der Waals surface area contributed by atoms with Crippen molar-refractivity contribution in [1.82, 2.24) is 0 Å². The summed E-state index contributed by atoms with van der Waals surface area (Å²) in [7, 11) is 0. The Morgan fingerprint density at radius 1 is 1.50 bits per heavy atom. The van der Waals surface area contributed by atoms with Crippen molar-refractivity contribution in [2.24, 2.45) is 0 Å². The zero-order valence-electron chi connectivity index (χ0n) is 5.88. The van der Waals surface area contributed by atoms with Crippen LogP contribution in [0.2, 0.25) is 0 Å². The first-order valence-electron chi connectivity index (χ1n) is 3.03. The predicted molar refractivity (Wildman–Crippen MR) is 34.3 cm³/mol. The van der Waals surface area contributed by atoms with Crippen LogP contribution in [0.15, 0.2) is 0 Å². The number of hydrogen-bond donors (Lipinski definition) is 0. The summed E-state index contributed by atoms with van der Waals surface area (Å²) >= 11 is 0. The van der Waals surface area contributed by atoms with Gasteiger partial charge in [-0.1, -0.05) is 5.92 Å². The molecule has 2 unspecified atom stereocenters. The van der Waals surface area contributed by atoms with E-state index in [-0.39, 0.29) is 12.2 Å². The molecule has 0 saturated carbocycles. The molecule has 0 amide bonds. The van der Waals surface area contributed by atoms with Crippen LogP contribution in [0, 0.1) is 11.8 Å². The fourth-order valence-electron chi connectivity index (χ4n) is 0.730. The maximum Gasteiger partial charge on any atom is 0.510 e. The van der Waals surface area contributed by atoms with Crippen LogP contribution < -0.4 is 0 Å². The van der Waals surface area contributed by atoms with E-state index in [1.165, 1.54) is 0 Å². The van der Waals surface area contributed by atoms with Gasteiger partial charge in [0.1, 0.15) is 0 Å². The Hall–Kier alpha value is -1.17. The number of cyclic esters (lactones) is 2. The van der Waals surface area contributed by atoms with Crippen LogP contribution in [-0.2, 0) is 9.47 Å². The summed E-state index contributed by atoms with van der Waals surface area (Å²) in [6.45, 7) is 3.44. The second kappa shape index (κ2) is 2.61. The Kier molecular flexibility index (Phi) is 1.81. The summed E-state index contributed by atoms with van der Waals surface area (Å²) in [6.07, 6.45) is -1.24. The molecule has 1 fully saturated rings. The number of rotatable bonds is 0. The molecule has 1 saturated heterocycles. The van der Waals surface area contributed by atoms with E-state index < -0.39 is 6.16 Å². The van der Waals surface area contributed by atoms with Gasteiger partial charge in [-0.2, -0.15) is 0 Å². The summed E-state index contributed by atoms with van der Waals surface area (Å²) in [5, 5.41) is 0. The predicted octanol–water partition coefficient (Wildman–Crippen LogP) is 0.934. The number of carbonyl (C=O) groups is 1. The molecule has 2 atom stereocenters. The van der Waals surface area contributed by atoms with Crippen molar-refractivity contribution in [3.8, 4) is 11.8 Å². The molecule has 10 heavy (non-hydrogen) atoms. The molecule has 1 heterocycles. The molecule has 0 spiro atoms. The van der Waals surface area contributed by atoms with Gasteiger partial charge in [-0.15, -0.1) is 5.92 Å². The van der Waals surface area contributed by atoms with Crippen LogP contribution >= 0.6 is 0 Å². The maximum atomic E-state index is 10.4. The van der Waals surface area contributed by atoms with Gasteiger partial charge in [0.25, 0.3) is 0 Å². The lowest BCUT2D eigenvalue weighted by molar-refractivity contribution is 0.120. The summed E-state index contributed by atoms with van der Waals surface area (Å²) < 4.78 is 9.34. The summed E-state index contributed by atoms with van der Waals surface area (Å²) in [4.78, 5) is 10.4. The Bertz CT molecular complexity index is 199. The van der Waals surface area contributed by atoms with Gasteiger partial charge >= 0.3 is 6.16 Å². The van der Waals surface area contributed by atoms with Gasteiger partial charge < -0.3 is 9.47 Å². The van der Waals surface area contributed by atoms with Crippen LogP contribution in [0.5, 0.6) is 0 Å². The lowest BCUT2D eigenvalue weighted by Crippen LogP contribution is -2.16. The molecule has 0 aromatic heterocycles. The van der Waals surface area contributed by atoms with Gasteiger partial charge in [0, 0.05) is 0 Å². The van der Waals surface area contributed by atoms with Crippen LogP contribution in [0.25, 0.3) is 0 Å². The van der Waals surface area contributed by atoms with Gasteiger partial charge in [-0.25, -0.2) is 4.79 Å². The third-order valence-electron chi connectivity index (χ3n) is 1.22. The smallest absolute Gasteiger partial charge is 0.426 e. The Labute approximate surface area is 59.3 Å². The van der Waals surface area contributed by atoms with E-state index in [9.17, 15) is 4.79 Å². The highest BCUT2D eigenvalue weighted by atomic mass is 16.8. The second-order valence-electron chi connectivity index (χ2n) is 2.01. The minimum absolute atomic E-state index is 0.236. The standard InChI is InChI=1S/C7H8O3/c1-3-4-6-5(2)9-7(8)10-6/h5-6H,1-2H3. The van der Waals surface area contributed by atoms with Gasteiger partial charge in [0.15, 0.2) is 6.10 Å². The quantitative estimate of drug-likeness (QED) is 0.371. The zero-order valence-corrected chi connectivity index (χ0v) is 5.88. The molecular formula is C7H8O3. The van der Waals surface area contributed by atoms with E-state index in [1.54, 1.807) is 13.8 Å². The van der Waals surface area contributed by atoms with Crippen molar-refractivity contribution < 1.29 is 14.3 Å². The first kappa shape index (κ1) is 6.94. The van der Waals surface area contributed by atoms with Crippen molar-refractivity contribution in [2.75, 3.05) is 0 Å². The topological polar surface area (TPSA) is 35.5 Å². The summed E-state index contributed by atoms with van der Waals surface area (Å²) in [5.41, 5.74) is 0. The van der Waals surface area contributed by atoms with Gasteiger partial charge in [0.2, 0.25) is 6.10 Å². The highest BCUT2D eigenvalue weighted by Gasteiger charge is 2.31. The third-order valence-corrected chi connectivity index (χ3v) is 1.22. The fraction of sp³-hybridized carbons (Fsp3) is 0.571. The van der Waals surface area contributed by atoms with Crippen molar-refractivity contribution in [3.63, 3.8) is 0 Å². The summed E-state index contributed by atoms with van der Waals surface area (Å²) in [5.74, 6) is 5.36. The van der Waals surface area contributed by atoms with E-state index >= 15 is 0 Å². The normalized spacial score (nSPS) is 30.0.